The Hall–Kier alpha value is -1.95. The molecule has 2 aromatic rings. The number of aromatic nitrogens is 3. The van der Waals surface area contributed by atoms with E-state index in [1.165, 1.54) is 17.3 Å². The molecule has 0 saturated heterocycles. The van der Waals surface area contributed by atoms with Gasteiger partial charge in [-0.3, -0.25) is 4.79 Å². The number of rotatable bonds is 4. The zero-order valence-electron chi connectivity index (χ0n) is 16.6. The van der Waals surface area contributed by atoms with Crippen molar-refractivity contribution in [2.45, 2.75) is 63.9 Å². The molecule has 0 radical (unpaired) electrons. The lowest BCUT2D eigenvalue weighted by molar-refractivity contribution is -0.113. The van der Waals surface area contributed by atoms with Crippen molar-refractivity contribution < 1.29 is 4.79 Å². The second kappa shape index (κ2) is 6.30. The largest absolute Gasteiger partial charge is 0.325 e. The lowest BCUT2D eigenvalue weighted by Crippen LogP contribution is -2.32. The van der Waals surface area contributed by atoms with Crippen molar-refractivity contribution in [1.29, 1.82) is 0 Å². The zero-order chi connectivity index (χ0) is 19.4. The first-order chi connectivity index (χ1) is 12.7. The number of nitrogens with one attached hydrogen (secondary N) is 1. The lowest BCUT2D eigenvalue weighted by atomic mass is 9.70. The van der Waals surface area contributed by atoms with Gasteiger partial charge in [0.15, 0.2) is 0 Å². The highest BCUT2D eigenvalue weighted by atomic mass is 32.2. The van der Waals surface area contributed by atoms with Crippen molar-refractivity contribution >= 4 is 23.4 Å². The van der Waals surface area contributed by atoms with E-state index in [0.29, 0.717) is 11.1 Å². The maximum absolute atomic E-state index is 12.3. The standard InChI is InChI=1S/C21H26N4OS/c1-12-6-7-15(13(2)10-12)22-16(26)11-27-19-23-18-17(24-25-19)14-8-9-21(18,5)20(14,3)4/h6-7,10,14H,8-9,11H2,1-5H3,(H,22,26)/t14-,21+/m1/s1. The minimum absolute atomic E-state index is 0.0517. The molecule has 0 aliphatic heterocycles. The van der Waals surface area contributed by atoms with Crippen LogP contribution in [0, 0.1) is 19.3 Å². The molecule has 1 aromatic heterocycles. The minimum Gasteiger partial charge on any atom is -0.325 e. The number of nitrogens with zero attached hydrogens (tertiary/aromatic N) is 3. The van der Waals surface area contributed by atoms with E-state index in [2.05, 4.69) is 42.4 Å². The summed E-state index contributed by atoms with van der Waals surface area (Å²) in [5.41, 5.74) is 5.48. The van der Waals surface area contributed by atoms with Crippen LogP contribution in [0.1, 0.15) is 62.0 Å². The Bertz CT molecular complexity index is 926. The number of thioether (sulfide) groups is 1. The van der Waals surface area contributed by atoms with Crippen molar-refractivity contribution in [2.24, 2.45) is 5.41 Å². The van der Waals surface area contributed by atoms with Crippen LogP contribution in [0.5, 0.6) is 0 Å². The average Bonchev–Trinajstić information content (AvgIpc) is 2.94. The highest BCUT2D eigenvalue weighted by Gasteiger charge is 2.61. The molecule has 1 saturated carbocycles. The second-order valence-corrected chi connectivity index (χ2v) is 9.57. The Morgan fingerprint density at radius 2 is 2.04 bits per heavy atom. The number of carbonyl (C=O) groups excluding carboxylic acids is 1. The molecule has 0 unspecified atom stereocenters. The Morgan fingerprint density at radius 1 is 1.26 bits per heavy atom. The summed E-state index contributed by atoms with van der Waals surface area (Å²) in [6.45, 7) is 11.0. The van der Waals surface area contributed by atoms with Gasteiger partial charge in [0.2, 0.25) is 11.1 Å². The van der Waals surface area contributed by atoms with Crippen LogP contribution in [-0.2, 0) is 10.2 Å². The maximum atomic E-state index is 12.3. The van der Waals surface area contributed by atoms with Crippen LogP contribution in [-0.4, -0.2) is 26.8 Å². The predicted molar refractivity (Wildman–Crippen MR) is 108 cm³/mol. The molecule has 2 aliphatic carbocycles. The SMILES string of the molecule is Cc1ccc(NC(=O)CSc2nnc3c(n2)[C@]2(C)CC[C@H]3C2(C)C)c(C)c1. The van der Waals surface area contributed by atoms with Crippen molar-refractivity contribution in [3.63, 3.8) is 0 Å². The van der Waals surface area contributed by atoms with E-state index in [9.17, 15) is 4.79 Å². The van der Waals surface area contributed by atoms with Crippen molar-refractivity contribution in [1.82, 2.24) is 15.2 Å². The third kappa shape index (κ3) is 2.85. The summed E-state index contributed by atoms with van der Waals surface area (Å²) in [4.78, 5) is 17.2. The molecule has 4 rings (SSSR count). The molecular formula is C21H26N4OS. The summed E-state index contributed by atoms with van der Waals surface area (Å²) in [5.74, 6) is 0.672. The van der Waals surface area contributed by atoms with Gasteiger partial charge in [0.25, 0.3) is 0 Å². The van der Waals surface area contributed by atoms with E-state index in [1.807, 2.05) is 26.0 Å². The Morgan fingerprint density at radius 3 is 2.78 bits per heavy atom. The summed E-state index contributed by atoms with van der Waals surface area (Å²) >= 11 is 1.35. The quantitative estimate of drug-likeness (QED) is 0.794. The zero-order valence-corrected chi connectivity index (χ0v) is 17.4. The van der Waals surface area contributed by atoms with E-state index in [-0.39, 0.29) is 22.5 Å². The maximum Gasteiger partial charge on any atom is 0.234 e. The molecule has 2 atom stereocenters. The number of hydrogen-bond acceptors (Lipinski definition) is 5. The third-order valence-electron chi connectivity index (χ3n) is 6.76. The number of benzene rings is 1. The van der Waals surface area contributed by atoms with Gasteiger partial charge >= 0.3 is 0 Å². The van der Waals surface area contributed by atoms with Gasteiger partial charge in [-0.2, -0.15) is 5.10 Å². The van der Waals surface area contributed by atoms with Crippen LogP contribution in [0.25, 0.3) is 0 Å². The van der Waals surface area contributed by atoms with E-state index < -0.39 is 0 Å². The van der Waals surface area contributed by atoms with Gasteiger partial charge in [-0.15, -0.1) is 5.10 Å². The summed E-state index contributed by atoms with van der Waals surface area (Å²) in [5, 5.41) is 12.4. The van der Waals surface area contributed by atoms with E-state index >= 15 is 0 Å². The molecule has 27 heavy (non-hydrogen) atoms. The molecule has 1 amide bonds. The van der Waals surface area contributed by atoms with Crippen molar-refractivity contribution in [3.8, 4) is 0 Å². The number of carbonyl (C=O) groups is 1. The summed E-state index contributed by atoms with van der Waals surface area (Å²) in [6.07, 6.45) is 2.31. The molecule has 142 valence electrons. The smallest absolute Gasteiger partial charge is 0.234 e. The van der Waals surface area contributed by atoms with Gasteiger partial charge in [-0.1, -0.05) is 50.2 Å². The molecule has 5 nitrogen and oxygen atoms in total. The fraction of sp³-hybridized carbons (Fsp3) is 0.524. The Balaban J connectivity index is 1.45. The first-order valence-corrected chi connectivity index (χ1v) is 10.5. The number of amides is 1. The molecular weight excluding hydrogens is 356 g/mol. The van der Waals surface area contributed by atoms with Crippen LogP contribution < -0.4 is 5.32 Å². The average molecular weight is 383 g/mol. The third-order valence-corrected chi connectivity index (χ3v) is 7.60. The van der Waals surface area contributed by atoms with E-state index in [4.69, 9.17) is 4.98 Å². The molecule has 6 heteroatoms. The monoisotopic (exact) mass is 382 g/mol. The van der Waals surface area contributed by atoms with Crippen molar-refractivity contribution in [2.75, 3.05) is 11.1 Å². The van der Waals surface area contributed by atoms with E-state index in [0.717, 1.165) is 35.5 Å². The van der Waals surface area contributed by atoms with Gasteiger partial charge < -0.3 is 5.32 Å². The predicted octanol–water partition coefficient (Wildman–Crippen LogP) is 4.39. The fourth-order valence-electron chi connectivity index (χ4n) is 4.69. The highest BCUT2D eigenvalue weighted by Crippen LogP contribution is 2.66. The van der Waals surface area contributed by atoms with Gasteiger partial charge in [0.05, 0.1) is 17.1 Å². The molecule has 1 N–H and O–H groups in total. The van der Waals surface area contributed by atoms with Crippen LogP contribution >= 0.6 is 11.8 Å². The number of fused-ring (bicyclic) bond motifs is 5. The number of anilines is 1. The van der Waals surface area contributed by atoms with Gasteiger partial charge in [-0.25, -0.2) is 4.98 Å². The highest BCUT2D eigenvalue weighted by molar-refractivity contribution is 7.99. The Kier molecular flexibility index (Phi) is 4.29. The molecule has 2 bridgehead atoms. The minimum atomic E-state index is -0.0517. The molecule has 2 aliphatic rings. The van der Waals surface area contributed by atoms with Crippen LogP contribution in [0.4, 0.5) is 5.69 Å². The summed E-state index contributed by atoms with van der Waals surface area (Å²) in [6, 6.07) is 6.01. The van der Waals surface area contributed by atoms with Gasteiger partial charge in [0, 0.05) is 17.0 Å². The normalized spacial score (nSPS) is 24.7. The summed E-state index contributed by atoms with van der Waals surface area (Å²) < 4.78 is 0. The van der Waals surface area contributed by atoms with E-state index in [1.54, 1.807) is 0 Å². The topological polar surface area (TPSA) is 67.8 Å². The molecule has 1 heterocycles. The van der Waals surface area contributed by atoms with Gasteiger partial charge in [-0.05, 0) is 43.7 Å². The second-order valence-electron chi connectivity index (χ2n) is 8.63. The van der Waals surface area contributed by atoms with Crippen LogP contribution in [0.2, 0.25) is 0 Å². The first kappa shape index (κ1) is 18.4. The van der Waals surface area contributed by atoms with Crippen LogP contribution in [0.15, 0.2) is 23.4 Å². The lowest BCUT2D eigenvalue weighted by Gasteiger charge is -2.33. The number of hydrogen-bond donors (Lipinski definition) is 1. The first-order valence-electron chi connectivity index (χ1n) is 9.47. The Labute approximate surface area is 164 Å². The summed E-state index contributed by atoms with van der Waals surface area (Å²) in [7, 11) is 0. The van der Waals surface area contributed by atoms with Crippen LogP contribution in [0.3, 0.4) is 0 Å². The molecule has 1 aromatic carbocycles. The number of aryl methyl sites for hydroxylation is 2. The fourth-order valence-corrected chi connectivity index (χ4v) is 5.28. The van der Waals surface area contributed by atoms with Gasteiger partial charge in [0.1, 0.15) is 0 Å². The molecule has 1 fully saturated rings. The van der Waals surface area contributed by atoms with Crippen molar-refractivity contribution in [3.05, 3.63) is 40.7 Å². The molecule has 0 spiro atoms.